The average molecular weight is 284 g/mol. The highest BCUT2D eigenvalue weighted by Crippen LogP contribution is 2.31. The Morgan fingerprint density at radius 2 is 2.32 bits per heavy atom. The van der Waals surface area contributed by atoms with Crippen LogP contribution in [0.25, 0.3) is 0 Å². The summed E-state index contributed by atoms with van der Waals surface area (Å²) in [7, 11) is 1.24. The quantitative estimate of drug-likeness (QED) is 0.668. The number of pyridine rings is 1. The Labute approximate surface area is 113 Å². The molecular formula is C11H14N3O4S+. The summed E-state index contributed by atoms with van der Waals surface area (Å²) in [5.41, 5.74) is 3.70. The van der Waals surface area contributed by atoms with E-state index in [0.717, 1.165) is 5.03 Å². The van der Waals surface area contributed by atoms with Crippen molar-refractivity contribution in [1.82, 2.24) is 9.88 Å². The van der Waals surface area contributed by atoms with Crippen LogP contribution < -0.4 is 16.6 Å². The number of fused-ring (bicyclic) bond motifs is 1. The molecule has 2 heterocycles. The molecule has 0 saturated carbocycles. The van der Waals surface area contributed by atoms with Gasteiger partial charge in [-0.3, -0.25) is 19.0 Å². The van der Waals surface area contributed by atoms with E-state index < -0.39 is 12.0 Å². The molecule has 1 amide bonds. The summed E-state index contributed by atoms with van der Waals surface area (Å²) in [5, 5.41) is 3.19. The van der Waals surface area contributed by atoms with E-state index in [1.165, 1.54) is 23.4 Å². The highest BCUT2D eigenvalue weighted by atomic mass is 32.2. The number of amides is 1. The first kappa shape index (κ1) is 13.6. The third kappa shape index (κ3) is 2.64. The van der Waals surface area contributed by atoms with Crippen LogP contribution in [0.1, 0.15) is 6.04 Å². The Morgan fingerprint density at radius 1 is 1.58 bits per heavy atom. The topological polar surface area (TPSA) is 105 Å². The van der Waals surface area contributed by atoms with Crippen molar-refractivity contribution in [2.45, 2.75) is 11.1 Å². The molecule has 0 spiro atoms. The van der Waals surface area contributed by atoms with Crippen LogP contribution >= 0.6 is 11.8 Å². The van der Waals surface area contributed by atoms with E-state index >= 15 is 0 Å². The number of thioether (sulfide) groups is 1. The molecule has 7 nitrogen and oxygen atoms in total. The maximum atomic E-state index is 12.0. The Balaban J connectivity index is 2.18. The number of nitrogens with one attached hydrogen (secondary N) is 1. The van der Waals surface area contributed by atoms with Crippen LogP contribution in [-0.2, 0) is 14.3 Å². The molecule has 1 aromatic rings. The van der Waals surface area contributed by atoms with Gasteiger partial charge in [0.2, 0.25) is 5.91 Å². The molecule has 102 valence electrons. The number of carbonyl (C=O) groups excluding carboxylic acids is 2. The van der Waals surface area contributed by atoms with E-state index in [2.05, 4.69) is 15.8 Å². The summed E-state index contributed by atoms with van der Waals surface area (Å²) in [6.45, 7) is -0.204. The minimum Gasteiger partial charge on any atom is -0.468 e. The second kappa shape index (κ2) is 5.45. The van der Waals surface area contributed by atoms with Crippen LogP contribution in [-0.4, -0.2) is 35.9 Å². The first-order valence-corrected chi connectivity index (χ1v) is 6.58. The summed E-state index contributed by atoms with van der Waals surface area (Å²) in [5.74, 6) is -0.437. The zero-order valence-electron chi connectivity index (χ0n) is 10.3. The average Bonchev–Trinajstić information content (AvgIpc) is 2.84. The van der Waals surface area contributed by atoms with Crippen LogP contribution in [0.15, 0.2) is 22.0 Å². The number of carbonyl (C=O) groups is 2. The highest BCUT2D eigenvalue weighted by Gasteiger charge is 2.31. The molecule has 4 N–H and O–H groups in total. The fraction of sp³-hybridized carbons (Fsp3) is 0.364. The molecule has 0 aliphatic carbocycles. The third-order valence-corrected chi connectivity index (χ3v) is 3.91. The standard InChI is InChI=1S/C11H13N3O4S/c1-18-9(15)4-13-10(16)7-5-19-8-3-2-6(12)11(17)14(7)8/h2-3,7H,4-5,12H2,1H3,(H,13,16)/p+1. The molecule has 8 heteroatoms. The largest absolute Gasteiger partial charge is 0.468 e. The lowest BCUT2D eigenvalue weighted by atomic mass is 10.3. The van der Waals surface area contributed by atoms with Crippen molar-refractivity contribution in [2.75, 3.05) is 19.4 Å². The van der Waals surface area contributed by atoms with Crippen LogP contribution in [0.3, 0.4) is 0 Å². The van der Waals surface area contributed by atoms with E-state index in [0.29, 0.717) is 11.4 Å². The molecule has 0 bridgehead atoms. The van der Waals surface area contributed by atoms with Gasteiger partial charge in [-0.2, -0.15) is 0 Å². The number of hydrogen-bond acceptors (Lipinski definition) is 5. The van der Waals surface area contributed by atoms with Crippen molar-refractivity contribution in [1.29, 1.82) is 0 Å². The Bertz CT molecular complexity index is 584. The molecule has 1 aromatic heterocycles. The van der Waals surface area contributed by atoms with Gasteiger partial charge in [-0.05, 0) is 6.07 Å². The van der Waals surface area contributed by atoms with Gasteiger partial charge >= 0.3 is 11.5 Å². The first-order chi connectivity index (χ1) is 9.04. The number of hydrogen-bond donors (Lipinski definition) is 2. The number of ether oxygens (including phenoxy) is 1. The summed E-state index contributed by atoms with van der Waals surface area (Å²) < 4.78 is 5.85. The van der Waals surface area contributed by atoms with Crippen LogP contribution in [0.5, 0.6) is 0 Å². The summed E-state index contributed by atoms with van der Waals surface area (Å²) in [6.07, 6.45) is 0. The first-order valence-electron chi connectivity index (χ1n) is 5.59. The van der Waals surface area contributed by atoms with E-state index in [1.807, 2.05) is 0 Å². The summed E-state index contributed by atoms with van der Waals surface area (Å²) in [6, 6.07) is 2.79. The number of aromatic nitrogens is 1. The zero-order chi connectivity index (χ0) is 14.0. The van der Waals surface area contributed by atoms with Gasteiger partial charge in [-0.1, -0.05) is 0 Å². The zero-order valence-corrected chi connectivity index (χ0v) is 11.2. The second-order valence-electron chi connectivity index (χ2n) is 3.99. The smallest absolute Gasteiger partial charge is 0.325 e. The Hall–Kier alpha value is -1.80. The molecule has 1 aliphatic rings. The van der Waals surface area contributed by atoms with E-state index in [-0.39, 0.29) is 18.0 Å². The molecule has 0 aromatic carbocycles. The van der Waals surface area contributed by atoms with Gasteiger partial charge in [0.1, 0.15) is 12.6 Å². The Morgan fingerprint density at radius 3 is 3.00 bits per heavy atom. The lowest BCUT2D eigenvalue weighted by Crippen LogP contribution is -2.49. The number of nitrogens with zero attached hydrogens (tertiary/aromatic N) is 1. The summed E-state index contributed by atoms with van der Waals surface area (Å²) >= 11 is 1.43. The molecule has 1 aliphatic heterocycles. The van der Waals surface area contributed by atoms with Crippen LogP contribution in [0.2, 0.25) is 0 Å². The summed E-state index contributed by atoms with van der Waals surface area (Å²) in [4.78, 5) is 34.9. The van der Waals surface area contributed by atoms with Gasteiger partial charge in [-0.15, -0.1) is 11.8 Å². The lowest BCUT2D eigenvalue weighted by molar-refractivity contribution is -0.257. The SMILES string of the molecule is COC(=O)CNC(=O)C1CSc2ccc([NH3+])c(=O)n21. The second-order valence-corrected chi connectivity index (χ2v) is 5.03. The van der Waals surface area contributed by atoms with Crippen LogP contribution in [0.4, 0.5) is 5.69 Å². The maximum Gasteiger partial charge on any atom is 0.325 e. The van der Waals surface area contributed by atoms with Gasteiger partial charge in [-0.25, -0.2) is 0 Å². The van der Waals surface area contributed by atoms with Gasteiger partial charge in [0, 0.05) is 11.8 Å². The fourth-order valence-electron chi connectivity index (χ4n) is 1.77. The molecule has 1 atom stereocenters. The van der Waals surface area contributed by atoms with Gasteiger partial charge in [0.25, 0.3) is 0 Å². The molecule has 0 radical (unpaired) electrons. The number of quaternary nitrogens is 1. The van der Waals surface area contributed by atoms with Crippen molar-refractivity contribution in [3.05, 3.63) is 22.5 Å². The highest BCUT2D eigenvalue weighted by molar-refractivity contribution is 7.99. The van der Waals surface area contributed by atoms with Crippen molar-refractivity contribution in [3.63, 3.8) is 0 Å². The molecule has 1 unspecified atom stereocenters. The predicted molar refractivity (Wildman–Crippen MR) is 68.0 cm³/mol. The lowest BCUT2D eigenvalue weighted by Gasteiger charge is -2.12. The van der Waals surface area contributed by atoms with E-state index in [9.17, 15) is 14.4 Å². The van der Waals surface area contributed by atoms with Crippen molar-refractivity contribution in [3.8, 4) is 0 Å². The van der Waals surface area contributed by atoms with Crippen molar-refractivity contribution >= 4 is 29.3 Å². The molecule has 0 fully saturated rings. The minimum atomic E-state index is -0.612. The fourth-order valence-corrected chi connectivity index (χ4v) is 2.91. The number of esters is 1. The number of methoxy groups -OCH3 is 1. The molecule has 2 rings (SSSR count). The molecule has 0 saturated heterocycles. The van der Waals surface area contributed by atoms with Crippen molar-refractivity contribution in [2.24, 2.45) is 0 Å². The maximum absolute atomic E-state index is 12.0. The monoisotopic (exact) mass is 284 g/mol. The van der Waals surface area contributed by atoms with E-state index in [4.69, 9.17) is 0 Å². The minimum absolute atomic E-state index is 0.204. The van der Waals surface area contributed by atoms with E-state index in [1.54, 1.807) is 12.1 Å². The normalized spacial score (nSPS) is 16.8. The number of rotatable bonds is 3. The van der Waals surface area contributed by atoms with Gasteiger partial charge in [0.15, 0.2) is 5.69 Å². The van der Waals surface area contributed by atoms with Crippen LogP contribution in [0, 0.1) is 0 Å². The Kier molecular flexibility index (Phi) is 3.91. The molecular weight excluding hydrogens is 270 g/mol. The predicted octanol–water partition coefficient (Wildman–Crippen LogP) is -1.34. The van der Waals surface area contributed by atoms with Gasteiger partial charge in [0.05, 0.1) is 12.1 Å². The third-order valence-electron chi connectivity index (χ3n) is 2.80. The van der Waals surface area contributed by atoms with Gasteiger partial charge < -0.3 is 15.8 Å². The van der Waals surface area contributed by atoms with Crippen molar-refractivity contribution < 1.29 is 20.1 Å². The molecule has 19 heavy (non-hydrogen) atoms.